The Morgan fingerprint density at radius 1 is 1.42 bits per heavy atom. The van der Waals surface area contributed by atoms with E-state index in [4.69, 9.17) is 0 Å². The number of sulfone groups is 1. The van der Waals surface area contributed by atoms with Crippen molar-refractivity contribution in [1.82, 2.24) is 10.2 Å². The fraction of sp³-hybridized carbons (Fsp3) is 1.00. The molecule has 2 fully saturated rings. The summed E-state index contributed by atoms with van der Waals surface area (Å²) in [6.45, 7) is 9.81. The van der Waals surface area contributed by atoms with E-state index in [1.54, 1.807) is 0 Å². The summed E-state index contributed by atoms with van der Waals surface area (Å²) in [7, 11) is -2.74. The highest BCUT2D eigenvalue weighted by molar-refractivity contribution is 7.91. The van der Waals surface area contributed by atoms with E-state index in [1.807, 2.05) is 0 Å². The van der Waals surface area contributed by atoms with Gasteiger partial charge in [-0.1, -0.05) is 20.3 Å². The molecule has 0 radical (unpaired) electrons. The van der Waals surface area contributed by atoms with Crippen LogP contribution >= 0.6 is 0 Å². The molecule has 4 atom stereocenters. The van der Waals surface area contributed by atoms with Crippen LogP contribution in [-0.4, -0.2) is 56.5 Å². The normalized spacial score (nSPS) is 37.3. The third kappa shape index (κ3) is 3.92. The number of hydrogen-bond acceptors (Lipinski definition) is 4. The first-order valence-electron chi connectivity index (χ1n) is 7.59. The lowest BCUT2D eigenvalue weighted by molar-refractivity contribution is 0.105. The summed E-state index contributed by atoms with van der Waals surface area (Å²) in [5.41, 5.74) is 0. The fourth-order valence-electron chi connectivity index (χ4n) is 3.22. The Bertz CT molecular complexity index is 396. The van der Waals surface area contributed by atoms with E-state index in [2.05, 4.69) is 31.0 Å². The Hall–Kier alpha value is -0.130. The molecule has 0 aromatic carbocycles. The van der Waals surface area contributed by atoms with Crippen LogP contribution in [0.25, 0.3) is 0 Å². The quantitative estimate of drug-likeness (QED) is 0.842. The zero-order valence-corrected chi connectivity index (χ0v) is 13.2. The van der Waals surface area contributed by atoms with Crippen molar-refractivity contribution in [2.45, 2.75) is 45.7 Å². The van der Waals surface area contributed by atoms with E-state index >= 15 is 0 Å². The summed E-state index contributed by atoms with van der Waals surface area (Å²) in [5, 5.41) is 3.63. The van der Waals surface area contributed by atoms with Crippen LogP contribution in [0, 0.1) is 11.8 Å². The number of nitrogens with one attached hydrogen (secondary N) is 1. The van der Waals surface area contributed by atoms with Gasteiger partial charge >= 0.3 is 0 Å². The second-order valence-corrected chi connectivity index (χ2v) is 8.70. The maximum atomic E-state index is 11.6. The maximum absolute atomic E-state index is 11.6. The molecule has 0 aliphatic carbocycles. The molecule has 2 aliphatic rings. The van der Waals surface area contributed by atoms with Gasteiger partial charge in [0.25, 0.3) is 0 Å². The van der Waals surface area contributed by atoms with Gasteiger partial charge in [0.15, 0.2) is 9.84 Å². The lowest BCUT2D eigenvalue weighted by Crippen LogP contribution is -2.58. The first kappa shape index (κ1) is 15.3. The number of hydrogen-bond donors (Lipinski definition) is 1. The minimum atomic E-state index is -2.74. The standard InChI is InChI=1S/C14H28N2O2S/c1-4-11(2)14-9-16(12(3)7-15-14)8-13-5-6-19(17,18)10-13/h11-15H,4-10H2,1-3H3. The average molecular weight is 288 g/mol. The van der Waals surface area contributed by atoms with Gasteiger partial charge in [0.2, 0.25) is 0 Å². The number of nitrogens with zero attached hydrogens (tertiary/aromatic N) is 1. The molecule has 4 unspecified atom stereocenters. The van der Waals surface area contributed by atoms with Gasteiger partial charge in [-0.25, -0.2) is 8.42 Å². The zero-order chi connectivity index (χ0) is 14.0. The third-order valence-corrected chi connectivity index (χ3v) is 6.72. The monoisotopic (exact) mass is 288 g/mol. The van der Waals surface area contributed by atoms with Crippen LogP contribution in [0.2, 0.25) is 0 Å². The first-order valence-corrected chi connectivity index (χ1v) is 9.41. The SMILES string of the molecule is CCC(C)C1CN(CC2CCS(=O)(=O)C2)C(C)CN1. The highest BCUT2D eigenvalue weighted by Gasteiger charge is 2.33. The summed E-state index contributed by atoms with van der Waals surface area (Å²) < 4.78 is 23.1. The van der Waals surface area contributed by atoms with Crippen molar-refractivity contribution in [2.75, 3.05) is 31.1 Å². The van der Waals surface area contributed by atoms with Crippen LogP contribution in [0.1, 0.15) is 33.6 Å². The molecule has 5 heteroatoms. The molecule has 1 N–H and O–H groups in total. The second-order valence-electron chi connectivity index (χ2n) is 6.47. The molecule has 0 aromatic heterocycles. The second kappa shape index (κ2) is 6.10. The molecular formula is C14H28N2O2S. The molecule has 112 valence electrons. The molecule has 2 saturated heterocycles. The van der Waals surface area contributed by atoms with Crippen molar-refractivity contribution < 1.29 is 8.42 Å². The Morgan fingerprint density at radius 3 is 2.74 bits per heavy atom. The summed E-state index contributed by atoms with van der Waals surface area (Å²) in [4.78, 5) is 2.50. The van der Waals surface area contributed by atoms with Crippen molar-refractivity contribution in [3.05, 3.63) is 0 Å². The van der Waals surface area contributed by atoms with Crippen LogP contribution in [0.4, 0.5) is 0 Å². The number of piperazine rings is 1. The summed E-state index contributed by atoms with van der Waals surface area (Å²) in [6.07, 6.45) is 2.05. The smallest absolute Gasteiger partial charge is 0.150 e. The molecule has 0 bridgehead atoms. The van der Waals surface area contributed by atoms with E-state index in [0.29, 0.717) is 35.4 Å². The van der Waals surface area contributed by atoms with Gasteiger partial charge in [-0.3, -0.25) is 4.90 Å². The Kier molecular flexibility index (Phi) is 4.90. The van der Waals surface area contributed by atoms with Gasteiger partial charge in [0, 0.05) is 31.7 Å². The molecule has 4 nitrogen and oxygen atoms in total. The predicted octanol–water partition coefficient (Wildman–Crippen LogP) is 1.13. The third-order valence-electron chi connectivity index (χ3n) is 4.88. The molecule has 0 saturated carbocycles. The minimum absolute atomic E-state index is 0.350. The van der Waals surface area contributed by atoms with E-state index < -0.39 is 9.84 Å². The lowest BCUT2D eigenvalue weighted by atomic mass is 9.95. The van der Waals surface area contributed by atoms with Gasteiger partial charge in [0.05, 0.1) is 11.5 Å². The molecule has 0 amide bonds. The van der Waals surface area contributed by atoms with Crippen molar-refractivity contribution in [3.63, 3.8) is 0 Å². The van der Waals surface area contributed by atoms with Crippen molar-refractivity contribution in [2.24, 2.45) is 11.8 Å². The van der Waals surface area contributed by atoms with Crippen LogP contribution < -0.4 is 5.32 Å². The molecular weight excluding hydrogens is 260 g/mol. The number of rotatable bonds is 4. The molecule has 0 aromatic rings. The van der Waals surface area contributed by atoms with Crippen LogP contribution in [0.15, 0.2) is 0 Å². The van der Waals surface area contributed by atoms with Crippen molar-refractivity contribution in [3.8, 4) is 0 Å². The highest BCUT2D eigenvalue weighted by atomic mass is 32.2. The summed E-state index contributed by atoms with van der Waals surface area (Å²) in [6, 6.07) is 1.07. The van der Waals surface area contributed by atoms with Crippen LogP contribution in [0.5, 0.6) is 0 Å². The van der Waals surface area contributed by atoms with Crippen molar-refractivity contribution in [1.29, 1.82) is 0 Å². The van der Waals surface area contributed by atoms with Gasteiger partial charge in [-0.2, -0.15) is 0 Å². The van der Waals surface area contributed by atoms with E-state index in [9.17, 15) is 8.42 Å². The van der Waals surface area contributed by atoms with Crippen molar-refractivity contribution >= 4 is 9.84 Å². The molecule has 2 aliphatic heterocycles. The van der Waals surface area contributed by atoms with Gasteiger partial charge < -0.3 is 5.32 Å². The van der Waals surface area contributed by atoms with E-state index in [0.717, 1.165) is 26.1 Å². The zero-order valence-electron chi connectivity index (χ0n) is 12.4. The molecule has 2 rings (SSSR count). The Labute approximate surface area is 117 Å². The average Bonchev–Trinajstić information content (AvgIpc) is 2.70. The Morgan fingerprint density at radius 2 is 2.16 bits per heavy atom. The van der Waals surface area contributed by atoms with Gasteiger partial charge in [-0.05, 0) is 25.2 Å². The lowest BCUT2D eigenvalue weighted by Gasteiger charge is -2.42. The van der Waals surface area contributed by atoms with Crippen LogP contribution in [-0.2, 0) is 9.84 Å². The largest absolute Gasteiger partial charge is 0.311 e. The predicted molar refractivity (Wildman–Crippen MR) is 79.0 cm³/mol. The fourth-order valence-corrected chi connectivity index (χ4v) is 5.07. The first-order chi connectivity index (χ1) is 8.91. The molecule has 2 heterocycles. The highest BCUT2D eigenvalue weighted by Crippen LogP contribution is 2.22. The molecule has 19 heavy (non-hydrogen) atoms. The van der Waals surface area contributed by atoms with Gasteiger partial charge in [-0.15, -0.1) is 0 Å². The summed E-state index contributed by atoms with van der Waals surface area (Å²) in [5.74, 6) is 1.83. The summed E-state index contributed by atoms with van der Waals surface area (Å²) >= 11 is 0. The topological polar surface area (TPSA) is 49.4 Å². The molecule has 0 spiro atoms. The minimum Gasteiger partial charge on any atom is -0.311 e. The van der Waals surface area contributed by atoms with E-state index in [-0.39, 0.29) is 0 Å². The van der Waals surface area contributed by atoms with E-state index in [1.165, 1.54) is 6.42 Å². The van der Waals surface area contributed by atoms with Gasteiger partial charge in [0.1, 0.15) is 0 Å². The van der Waals surface area contributed by atoms with Crippen LogP contribution in [0.3, 0.4) is 0 Å². The maximum Gasteiger partial charge on any atom is 0.150 e. The Balaban J connectivity index is 1.91.